The fourth-order valence-electron chi connectivity index (χ4n) is 1.90. The molecule has 1 aliphatic rings. The molecule has 1 unspecified atom stereocenters. The number of carbonyl (C=O) groups excluding carboxylic acids is 1. The highest BCUT2D eigenvalue weighted by Gasteiger charge is 2.17. The summed E-state index contributed by atoms with van der Waals surface area (Å²) >= 11 is 0. The second kappa shape index (κ2) is 8.25. The first kappa shape index (κ1) is 14.2. The fourth-order valence-corrected chi connectivity index (χ4v) is 1.90. The molecule has 1 rings (SSSR count). The standard InChI is InChI=1S/C13H23NO3/c1-3-14(11-12-7-6-10-17-12)9-5-8-13(15)16-4-2/h5,8,12H,3-4,6-7,9-11H2,1-2H3/b8-5+. The average molecular weight is 241 g/mol. The molecular formula is C13H23NO3. The lowest BCUT2D eigenvalue weighted by atomic mass is 10.2. The number of hydrogen-bond donors (Lipinski definition) is 0. The Bertz CT molecular complexity index is 247. The summed E-state index contributed by atoms with van der Waals surface area (Å²) in [6.07, 6.45) is 6.04. The van der Waals surface area contributed by atoms with Crippen LogP contribution in [0.1, 0.15) is 26.7 Å². The monoisotopic (exact) mass is 241 g/mol. The Morgan fingerprint density at radius 2 is 2.35 bits per heavy atom. The minimum absolute atomic E-state index is 0.263. The van der Waals surface area contributed by atoms with Crippen LogP contribution in [0.25, 0.3) is 0 Å². The number of nitrogens with zero attached hydrogens (tertiary/aromatic N) is 1. The van der Waals surface area contributed by atoms with Crippen LogP contribution in [0.2, 0.25) is 0 Å². The molecule has 4 nitrogen and oxygen atoms in total. The minimum Gasteiger partial charge on any atom is -0.463 e. The van der Waals surface area contributed by atoms with Gasteiger partial charge in [0.05, 0.1) is 12.7 Å². The topological polar surface area (TPSA) is 38.8 Å². The fraction of sp³-hybridized carbons (Fsp3) is 0.769. The number of ether oxygens (including phenoxy) is 2. The van der Waals surface area contributed by atoms with Crippen LogP contribution in [-0.4, -0.2) is 49.8 Å². The van der Waals surface area contributed by atoms with Crippen LogP contribution in [-0.2, 0) is 14.3 Å². The summed E-state index contributed by atoms with van der Waals surface area (Å²) < 4.78 is 10.4. The number of rotatable bonds is 7. The summed E-state index contributed by atoms with van der Waals surface area (Å²) in [5.41, 5.74) is 0. The number of esters is 1. The van der Waals surface area contributed by atoms with Crippen LogP contribution in [0, 0.1) is 0 Å². The molecule has 0 bridgehead atoms. The third-order valence-electron chi connectivity index (χ3n) is 2.84. The Balaban J connectivity index is 2.23. The van der Waals surface area contributed by atoms with E-state index >= 15 is 0 Å². The van der Waals surface area contributed by atoms with Gasteiger partial charge in [-0.1, -0.05) is 13.0 Å². The zero-order valence-corrected chi connectivity index (χ0v) is 10.9. The Labute approximate surface area is 104 Å². The first-order valence-electron chi connectivity index (χ1n) is 6.43. The van der Waals surface area contributed by atoms with Gasteiger partial charge >= 0.3 is 5.97 Å². The van der Waals surface area contributed by atoms with Crippen LogP contribution in [0.4, 0.5) is 0 Å². The van der Waals surface area contributed by atoms with E-state index in [4.69, 9.17) is 9.47 Å². The van der Waals surface area contributed by atoms with Crippen LogP contribution in [0.15, 0.2) is 12.2 Å². The SMILES string of the molecule is CCOC(=O)/C=C/CN(CC)CC1CCCO1. The molecule has 17 heavy (non-hydrogen) atoms. The Hall–Kier alpha value is -0.870. The van der Waals surface area contributed by atoms with E-state index in [1.54, 1.807) is 0 Å². The third kappa shape index (κ3) is 5.84. The average Bonchev–Trinajstić information content (AvgIpc) is 2.81. The maximum atomic E-state index is 11.1. The van der Waals surface area contributed by atoms with Crippen molar-refractivity contribution in [2.24, 2.45) is 0 Å². The molecule has 1 fully saturated rings. The van der Waals surface area contributed by atoms with E-state index in [1.807, 2.05) is 13.0 Å². The summed E-state index contributed by atoms with van der Waals surface area (Å²) in [6, 6.07) is 0. The molecule has 0 saturated carbocycles. The Kier molecular flexibility index (Phi) is 6.89. The van der Waals surface area contributed by atoms with Crippen molar-refractivity contribution in [2.75, 3.05) is 32.8 Å². The lowest BCUT2D eigenvalue weighted by Crippen LogP contribution is -2.32. The molecule has 1 saturated heterocycles. The third-order valence-corrected chi connectivity index (χ3v) is 2.84. The van der Waals surface area contributed by atoms with Crippen LogP contribution < -0.4 is 0 Å². The van der Waals surface area contributed by atoms with Gasteiger partial charge in [-0.3, -0.25) is 4.90 Å². The molecular weight excluding hydrogens is 218 g/mol. The van der Waals surface area contributed by atoms with Crippen molar-refractivity contribution in [3.05, 3.63) is 12.2 Å². The van der Waals surface area contributed by atoms with Gasteiger partial charge in [-0.2, -0.15) is 0 Å². The summed E-state index contributed by atoms with van der Waals surface area (Å²) in [7, 11) is 0. The normalized spacial score (nSPS) is 20.3. The summed E-state index contributed by atoms with van der Waals surface area (Å²) in [4.78, 5) is 13.4. The Morgan fingerprint density at radius 1 is 1.53 bits per heavy atom. The number of carbonyl (C=O) groups is 1. The highest BCUT2D eigenvalue weighted by atomic mass is 16.5. The largest absolute Gasteiger partial charge is 0.463 e. The maximum Gasteiger partial charge on any atom is 0.330 e. The van der Waals surface area contributed by atoms with Gasteiger partial charge in [0, 0.05) is 25.8 Å². The number of hydrogen-bond acceptors (Lipinski definition) is 4. The molecule has 0 aliphatic carbocycles. The summed E-state index contributed by atoms with van der Waals surface area (Å²) in [6.45, 7) is 7.93. The second-order valence-corrected chi connectivity index (χ2v) is 4.14. The van der Waals surface area contributed by atoms with Crippen LogP contribution >= 0.6 is 0 Å². The minimum atomic E-state index is -0.263. The van der Waals surface area contributed by atoms with Crippen LogP contribution in [0.5, 0.6) is 0 Å². The number of likely N-dealkylation sites (N-methyl/N-ethyl adjacent to an activating group) is 1. The van der Waals surface area contributed by atoms with Gasteiger partial charge in [0.25, 0.3) is 0 Å². The van der Waals surface area contributed by atoms with Crippen molar-refractivity contribution < 1.29 is 14.3 Å². The predicted molar refractivity (Wildman–Crippen MR) is 66.9 cm³/mol. The predicted octanol–water partition coefficient (Wildman–Crippen LogP) is 1.61. The highest BCUT2D eigenvalue weighted by Crippen LogP contribution is 2.13. The van der Waals surface area contributed by atoms with Gasteiger partial charge in [-0.05, 0) is 26.3 Å². The van der Waals surface area contributed by atoms with Gasteiger partial charge in [0.15, 0.2) is 0 Å². The van der Waals surface area contributed by atoms with Gasteiger partial charge in [-0.25, -0.2) is 4.79 Å². The quantitative estimate of drug-likeness (QED) is 0.501. The second-order valence-electron chi connectivity index (χ2n) is 4.14. The van der Waals surface area contributed by atoms with E-state index in [0.717, 1.165) is 32.7 Å². The van der Waals surface area contributed by atoms with E-state index in [1.165, 1.54) is 12.5 Å². The van der Waals surface area contributed by atoms with Gasteiger partial charge < -0.3 is 9.47 Å². The van der Waals surface area contributed by atoms with Crippen molar-refractivity contribution >= 4 is 5.97 Å². The van der Waals surface area contributed by atoms with Gasteiger partial charge in [0.1, 0.15) is 0 Å². The highest BCUT2D eigenvalue weighted by molar-refractivity contribution is 5.81. The molecule has 0 N–H and O–H groups in total. The van der Waals surface area contributed by atoms with Crippen molar-refractivity contribution in [1.29, 1.82) is 0 Å². The molecule has 1 aliphatic heterocycles. The van der Waals surface area contributed by atoms with E-state index in [2.05, 4.69) is 11.8 Å². The molecule has 1 atom stereocenters. The van der Waals surface area contributed by atoms with Crippen molar-refractivity contribution in [3.63, 3.8) is 0 Å². The van der Waals surface area contributed by atoms with Crippen molar-refractivity contribution in [3.8, 4) is 0 Å². The summed E-state index contributed by atoms with van der Waals surface area (Å²) in [5.74, 6) is -0.263. The molecule has 0 radical (unpaired) electrons. The molecule has 0 amide bonds. The summed E-state index contributed by atoms with van der Waals surface area (Å²) in [5, 5.41) is 0. The van der Waals surface area contributed by atoms with Crippen molar-refractivity contribution in [1.82, 2.24) is 4.90 Å². The van der Waals surface area contributed by atoms with Crippen molar-refractivity contribution in [2.45, 2.75) is 32.8 Å². The van der Waals surface area contributed by atoms with E-state index in [0.29, 0.717) is 12.7 Å². The maximum absolute atomic E-state index is 11.1. The lowest BCUT2D eigenvalue weighted by Gasteiger charge is -2.21. The molecule has 0 aromatic rings. The first-order chi connectivity index (χ1) is 8.26. The molecule has 1 heterocycles. The van der Waals surface area contributed by atoms with E-state index < -0.39 is 0 Å². The van der Waals surface area contributed by atoms with E-state index in [-0.39, 0.29) is 5.97 Å². The zero-order valence-electron chi connectivity index (χ0n) is 10.9. The molecule has 0 aromatic carbocycles. The molecule has 98 valence electrons. The zero-order chi connectivity index (χ0) is 12.5. The Morgan fingerprint density at radius 3 is 2.94 bits per heavy atom. The molecule has 0 spiro atoms. The van der Waals surface area contributed by atoms with Crippen LogP contribution in [0.3, 0.4) is 0 Å². The first-order valence-corrected chi connectivity index (χ1v) is 6.43. The van der Waals surface area contributed by atoms with Gasteiger partial charge in [0.2, 0.25) is 0 Å². The van der Waals surface area contributed by atoms with Gasteiger partial charge in [-0.15, -0.1) is 0 Å². The molecule has 0 aromatic heterocycles. The van der Waals surface area contributed by atoms with E-state index in [9.17, 15) is 4.79 Å². The molecule has 4 heteroatoms. The smallest absolute Gasteiger partial charge is 0.330 e. The lowest BCUT2D eigenvalue weighted by molar-refractivity contribution is -0.137.